The second kappa shape index (κ2) is 3.26. The van der Waals surface area contributed by atoms with Crippen molar-refractivity contribution < 1.29 is 5.21 Å². The molecule has 1 aromatic rings. The van der Waals surface area contributed by atoms with Gasteiger partial charge in [-0.05, 0) is 15.9 Å². The smallest absolute Gasteiger partial charge is 0.110 e. The van der Waals surface area contributed by atoms with E-state index in [-0.39, 0.29) is 0 Å². The number of halogens is 1. The molecule has 0 saturated heterocycles. The lowest BCUT2D eigenvalue weighted by atomic mass is 10.7. The highest BCUT2D eigenvalue weighted by Gasteiger charge is 1.95. The minimum Gasteiger partial charge on any atom is -0.316 e. The summed E-state index contributed by atoms with van der Waals surface area (Å²) >= 11 is 4.74. The molecule has 0 fully saturated rings. The summed E-state index contributed by atoms with van der Waals surface area (Å²) < 4.78 is 0.979. The van der Waals surface area contributed by atoms with E-state index in [1.54, 1.807) is 6.20 Å². The van der Waals surface area contributed by atoms with Crippen molar-refractivity contribution in [1.82, 2.24) is 10.5 Å². The predicted octanol–water partition coefficient (Wildman–Crippen LogP) is 1.38. The molecule has 0 aliphatic rings. The monoisotopic (exact) mass is 208 g/mol. The van der Waals surface area contributed by atoms with Gasteiger partial charge in [0, 0.05) is 0 Å². The van der Waals surface area contributed by atoms with E-state index in [4.69, 9.17) is 5.21 Å². The average Bonchev–Trinajstić information content (AvgIpc) is 2.17. The van der Waals surface area contributed by atoms with Gasteiger partial charge in [-0.15, -0.1) is 11.3 Å². The molecular formula is C4H5BrN2OS. The molecule has 5 heteroatoms. The van der Waals surface area contributed by atoms with Crippen molar-refractivity contribution in [2.75, 3.05) is 0 Å². The van der Waals surface area contributed by atoms with Crippen molar-refractivity contribution in [2.45, 2.75) is 6.54 Å². The first-order valence-corrected chi connectivity index (χ1v) is 3.91. The number of thiazole rings is 1. The molecule has 1 aromatic heterocycles. The quantitative estimate of drug-likeness (QED) is 0.723. The van der Waals surface area contributed by atoms with Gasteiger partial charge in [-0.2, -0.15) is 5.48 Å². The molecular weight excluding hydrogens is 204 g/mol. The molecule has 0 amide bonds. The summed E-state index contributed by atoms with van der Waals surface area (Å²) in [5.74, 6) is 0. The largest absolute Gasteiger partial charge is 0.316 e. The van der Waals surface area contributed by atoms with Gasteiger partial charge in [0.1, 0.15) is 5.01 Å². The third kappa shape index (κ3) is 2.02. The summed E-state index contributed by atoms with van der Waals surface area (Å²) in [6, 6.07) is 0. The second-order valence-corrected chi connectivity index (χ2v) is 3.89. The van der Waals surface area contributed by atoms with Crippen molar-refractivity contribution in [1.29, 1.82) is 0 Å². The first-order valence-electron chi connectivity index (χ1n) is 2.30. The molecule has 0 bridgehead atoms. The second-order valence-electron chi connectivity index (χ2n) is 1.39. The van der Waals surface area contributed by atoms with Crippen molar-refractivity contribution in [2.24, 2.45) is 0 Å². The highest BCUT2D eigenvalue weighted by molar-refractivity contribution is 9.11. The van der Waals surface area contributed by atoms with E-state index in [9.17, 15) is 0 Å². The Morgan fingerprint density at radius 2 is 2.67 bits per heavy atom. The molecule has 9 heavy (non-hydrogen) atoms. The number of hydrogen-bond donors (Lipinski definition) is 2. The zero-order valence-electron chi connectivity index (χ0n) is 4.47. The molecule has 0 saturated carbocycles. The molecule has 3 nitrogen and oxygen atoms in total. The average molecular weight is 209 g/mol. The Bertz CT molecular complexity index is 190. The van der Waals surface area contributed by atoms with Crippen LogP contribution in [0.3, 0.4) is 0 Å². The lowest BCUT2D eigenvalue weighted by Gasteiger charge is -1.87. The van der Waals surface area contributed by atoms with Gasteiger partial charge in [-0.1, -0.05) is 0 Å². The van der Waals surface area contributed by atoms with Crippen LogP contribution in [0.25, 0.3) is 0 Å². The molecule has 0 aliphatic carbocycles. The van der Waals surface area contributed by atoms with Crippen molar-refractivity contribution in [3.8, 4) is 0 Å². The molecule has 0 aliphatic heterocycles. The Morgan fingerprint density at radius 3 is 3.11 bits per heavy atom. The van der Waals surface area contributed by atoms with Gasteiger partial charge in [0.05, 0.1) is 16.5 Å². The van der Waals surface area contributed by atoms with Crippen LogP contribution >= 0.6 is 27.3 Å². The Balaban J connectivity index is 2.61. The van der Waals surface area contributed by atoms with Gasteiger partial charge in [-0.3, -0.25) is 0 Å². The normalized spacial score (nSPS) is 10.0. The van der Waals surface area contributed by atoms with E-state index in [0.29, 0.717) is 6.54 Å². The molecule has 0 unspecified atom stereocenters. The first-order chi connectivity index (χ1) is 4.33. The van der Waals surface area contributed by atoms with Gasteiger partial charge in [0.15, 0.2) is 0 Å². The van der Waals surface area contributed by atoms with Crippen LogP contribution in [0.15, 0.2) is 9.98 Å². The van der Waals surface area contributed by atoms with Crippen molar-refractivity contribution >= 4 is 27.3 Å². The molecule has 50 valence electrons. The van der Waals surface area contributed by atoms with E-state index in [0.717, 1.165) is 8.79 Å². The zero-order chi connectivity index (χ0) is 6.69. The highest BCUT2D eigenvalue weighted by atomic mass is 79.9. The SMILES string of the molecule is ONCc1ncc(Br)s1. The van der Waals surface area contributed by atoms with Crippen LogP contribution in [-0.2, 0) is 6.54 Å². The molecule has 2 N–H and O–H groups in total. The zero-order valence-corrected chi connectivity index (χ0v) is 6.87. The maximum Gasteiger partial charge on any atom is 0.110 e. The lowest BCUT2D eigenvalue weighted by molar-refractivity contribution is 0.161. The number of hydrogen-bond acceptors (Lipinski definition) is 4. The van der Waals surface area contributed by atoms with Gasteiger partial charge < -0.3 is 5.21 Å². The van der Waals surface area contributed by atoms with Crippen molar-refractivity contribution in [3.05, 3.63) is 15.0 Å². The minimum absolute atomic E-state index is 0.413. The van der Waals surface area contributed by atoms with Gasteiger partial charge >= 0.3 is 0 Å². The van der Waals surface area contributed by atoms with E-state index in [1.165, 1.54) is 11.3 Å². The van der Waals surface area contributed by atoms with Crippen LogP contribution in [0.2, 0.25) is 0 Å². The Labute approximate surface area is 64.8 Å². The first kappa shape index (κ1) is 7.14. The fraction of sp³-hybridized carbons (Fsp3) is 0.250. The van der Waals surface area contributed by atoms with E-state index in [1.807, 2.05) is 5.48 Å². The molecule has 1 rings (SSSR count). The summed E-state index contributed by atoms with van der Waals surface area (Å²) in [6.07, 6.45) is 1.71. The van der Waals surface area contributed by atoms with E-state index in [2.05, 4.69) is 20.9 Å². The Kier molecular flexibility index (Phi) is 2.59. The molecule has 0 atom stereocenters. The lowest BCUT2D eigenvalue weighted by Crippen LogP contribution is -2.04. The standard InChI is InChI=1S/C4H5BrN2OS/c5-3-1-6-4(9-3)2-7-8/h1,7-8H,2H2. The number of nitrogens with zero attached hydrogens (tertiary/aromatic N) is 1. The summed E-state index contributed by atoms with van der Waals surface area (Å²) in [6.45, 7) is 0.413. The molecule has 0 radical (unpaired) electrons. The Hall–Kier alpha value is 0.0300. The maximum absolute atomic E-state index is 8.23. The summed E-state index contributed by atoms with van der Waals surface area (Å²) in [4.78, 5) is 3.95. The third-order valence-electron chi connectivity index (χ3n) is 0.756. The molecule has 0 spiro atoms. The van der Waals surface area contributed by atoms with Gasteiger partial charge in [0.2, 0.25) is 0 Å². The number of hydroxylamine groups is 1. The molecule has 0 aromatic carbocycles. The van der Waals surface area contributed by atoms with Crippen LogP contribution in [0.1, 0.15) is 5.01 Å². The summed E-state index contributed by atoms with van der Waals surface area (Å²) in [7, 11) is 0. The summed E-state index contributed by atoms with van der Waals surface area (Å²) in [5, 5.41) is 9.10. The Morgan fingerprint density at radius 1 is 1.89 bits per heavy atom. The van der Waals surface area contributed by atoms with Gasteiger partial charge in [0.25, 0.3) is 0 Å². The highest BCUT2D eigenvalue weighted by Crippen LogP contribution is 2.18. The fourth-order valence-corrected chi connectivity index (χ4v) is 1.67. The number of aromatic nitrogens is 1. The topological polar surface area (TPSA) is 45.1 Å². The molecule has 1 heterocycles. The minimum atomic E-state index is 0.413. The third-order valence-corrected chi connectivity index (χ3v) is 2.23. The maximum atomic E-state index is 8.23. The van der Waals surface area contributed by atoms with Gasteiger partial charge in [-0.25, -0.2) is 4.98 Å². The van der Waals surface area contributed by atoms with Crippen LogP contribution < -0.4 is 5.48 Å². The van der Waals surface area contributed by atoms with E-state index >= 15 is 0 Å². The van der Waals surface area contributed by atoms with Crippen molar-refractivity contribution in [3.63, 3.8) is 0 Å². The number of rotatable bonds is 2. The van der Waals surface area contributed by atoms with Crippen LogP contribution in [-0.4, -0.2) is 10.2 Å². The van der Waals surface area contributed by atoms with Crippen LogP contribution in [0, 0.1) is 0 Å². The summed E-state index contributed by atoms with van der Waals surface area (Å²) in [5.41, 5.74) is 2.02. The van der Waals surface area contributed by atoms with Crippen LogP contribution in [0.5, 0.6) is 0 Å². The van der Waals surface area contributed by atoms with Crippen LogP contribution in [0.4, 0.5) is 0 Å². The number of nitrogens with one attached hydrogen (secondary N) is 1. The predicted molar refractivity (Wildman–Crippen MR) is 38.4 cm³/mol. The van der Waals surface area contributed by atoms with E-state index < -0.39 is 0 Å². The fourth-order valence-electron chi connectivity index (χ4n) is 0.437.